The minimum atomic E-state index is -0.376. The van der Waals surface area contributed by atoms with Gasteiger partial charge in [0, 0.05) is 13.1 Å². The van der Waals surface area contributed by atoms with E-state index in [4.69, 9.17) is 21.5 Å². The van der Waals surface area contributed by atoms with Gasteiger partial charge in [-0.1, -0.05) is 12.1 Å². The Morgan fingerprint density at radius 3 is 2.95 bits per heavy atom. The molecular weight excluding hydrogens is 256 g/mol. The largest absolute Gasteiger partial charge is 0.395 e. The molecule has 0 radical (unpaired) electrons. The summed E-state index contributed by atoms with van der Waals surface area (Å²) >= 11 is 0. The molecule has 106 valence electrons. The molecule has 0 spiro atoms. The molecular formula is C13H18N6O. The Hall–Kier alpha value is -2.43. The van der Waals surface area contributed by atoms with Crippen LogP contribution in [0, 0.1) is 16.7 Å². The van der Waals surface area contributed by atoms with Gasteiger partial charge in [-0.15, -0.1) is 0 Å². The molecule has 0 bridgehead atoms. The highest BCUT2D eigenvalue weighted by molar-refractivity contribution is 6.45. The second-order valence-corrected chi connectivity index (χ2v) is 4.26. The Bertz CT molecular complexity index is 534. The lowest BCUT2D eigenvalue weighted by Crippen LogP contribution is -2.22. The first-order valence-corrected chi connectivity index (χ1v) is 6.03. The van der Waals surface area contributed by atoms with Crippen LogP contribution < -0.4 is 11.2 Å². The summed E-state index contributed by atoms with van der Waals surface area (Å²) < 4.78 is 0. The number of nitrogens with one attached hydrogen (secondary N) is 2. The summed E-state index contributed by atoms with van der Waals surface area (Å²) in [6.45, 7) is 1.40. The van der Waals surface area contributed by atoms with Gasteiger partial charge in [0.15, 0.2) is 5.84 Å². The lowest BCUT2D eigenvalue weighted by atomic mass is 10.2. The number of hydrazone groups is 1. The molecule has 0 aromatic heterocycles. The molecule has 0 aliphatic rings. The minimum absolute atomic E-state index is 0.114. The second kappa shape index (κ2) is 7.89. The standard InChI is InChI=1S/C13H18N6O/c1-19(5-6-20)9-10-3-2-4-11(7-10)17-18-12(8-14)13(15)16/h2-4,7,17,20H,5-6,9H2,1H3,(H3,15,16)/b18-12+. The fourth-order valence-electron chi connectivity index (χ4n) is 1.57. The van der Waals surface area contributed by atoms with Crippen molar-refractivity contribution in [2.24, 2.45) is 10.8 Å². The second-order valence-electron chi connectivity index (χ2n) is 4.26. The van der Waals surface area contributed by atoms with Gasteiger partial charge in [0.25, 0.3) is 0 Å². The Labute approximate surface area is 117 Å². The number of hydrogen-bond acceptors (Lipinski definition) is 6. The average Bonchev–Trinajstić information content (AvgIpc) is 2.39. The third kappa shape index (κ3) is 5.06. The van der Waals surface area contributed by atoms with Crippen molar-refractivity contribution in [2.75, 3.05) is 25.6 Å². The van der Waals surface area contributed by atoms with E-state index in [0.29, 0.717) is 18.8 Å². The fraction of sp³-hybridized carbons (Fsp3) is 0.308. The molecule has 7 heteroatoms. The van der Waals surface area contributed by atoms with Crippen molar-refractivity contribution < 1.29 is 5.11 Å². The van der Waals surface area contributed by atoms with Crippen LogP contribution in [0.2, 0.25) is 0 Å². The zero-order valence-electron chi connectivity index (χ0n) is 11.3. The van der Waals surface area contributed by atoms with Crippen LogP contribution >= 0.6 is 0 Å². The first kappa shape index (κ1) is 15.6. The van der Waals surface area contributed by atoms with Gasteiger partial charge in [0.1, 0.15) is 6.07 Å². The number of nitrogens with two attached hydrogens (primary N) is 1. The first-order valence-electron chi connectivity index (χ1n) is 6.03. The summed E-state index contributed by atoms with van der Waals surface area (Å²) in [5, 5.41) is 28.5. The van der Waals surface area contributed by atoms with Gasteiger partial charge in [0.05, 0.1) is 12.3 Å². The Balaban J connectivity index is 2.74. The van der Waals surface area contributed by atoms with Crippen LogP contribution in [-0.4, -0.2) is 41.8 Å². The normalized spacial score (nSPS) is 11.2. The van der Waals surface area contributed by atoms with E-state index in [0.717, 1.165) is 5.56 Å². The molecule has 20 heavy (non-hydrogen) atoms. The highest BCUT2D eigenvalue weighted by atomic mass is 16.3. The predicted molar refractivity (Wildman–Crippen MR) is 78.4 cm³/mol. The number of rotatable bonds is 7. The molecule has 0 heterocycles. The quantitative estimate of drug-likeness (QED) is 0.324. The predicted octanol–water partition coefficient (Wildman–Crippen LogP) is 0.338. The zero-order chi connectivity index (χ0) is 15.0. The van der Waals surface area contributed by atoms with Gasteiger partial charge >= 0.3 is 0 Å². The van der Waals surface area contributed by atoms with Gasteiger partial charge in [0.2, 0.25) is 5.71 Å². The van der Waals surface area contributed by atoms with Crippen LogP contribution in [0.25, 0.3) is 0 Å². The number of amidine groups is 1. The Kier molecular flexibility index (Phi) is 6.16. The summed E-state index contributed by atoms with van der Waals surface area (Å²) in [7, 11) is 1.91. The number of aliphatic hydroxyl groups excluding tert-OH is 1. The van der Waals surface area contributed by atoms with Crippen molar-refractivity contribution in [3.8, 4) is 6.07 Å². The average molecular weight is 274 g/mol. The molecule has 0 saturated heterocycles. The van der Waals surface area contributed by atoms with Crippen molar-refractivity contribution in [2.45, 2.75) is 6.54 Å². The number of anilines is 1. The summed E-state index contributed by atoms with van der Waals surface area (Å²) in [6.07, 6.45) is 0. The van der Waals surface area contributed by atoms with Crippen molar-refractivity contribution >= 4 is 17.2 Å². The number of hydrogen-bond donors (Lipinski definition) is 4. The summed E-state index contributed by atoms with van der Waals surface area (Å²) in [5.41, 5.74) is 9.49. The van der Waals surface area contributed by atoms with Crippen molar-refractivity contribution in [1.82, 2.24) is 4.90 Å². The lowest BCUT2D eigenvalue weighted by molar-refractivity contribution is 0.217. The summed E-state index contributed by atoms with van der Waals surface area (Å²) in [5.74, 6) is -0.376. The van der Waals surface area contributed by atoms with Crippen LogP contribution in [-0.2, 0) is 6.54 Å². The molecule has 0 aliphatic heterocycles. The summed E-state index contributed by atoms with van der Waals surface area (Å²) in [4.78, 5) is 1.98. The van der Waals surface area contributed by atoms with Gasteiger partial charge < -0.3 is 10.8 Å². The highest BCUT2D eigenvalue weighted by Gasteiger charge is 2.02. The smallest absolute Gasteiger partial charge is 0.201 e. The first-order chi connectivity index (χ1) is 9.56. The summed E-state index contributed by atoms with van der Waals surface area (Å²) in [6, 6.07) is 9.24. The maximum atomic E-state index is 8.86. The molecule has 7 nitrogen and oxygen atoms in total. The SMILES string of the molecule is CN(CCO)Cc1cccc(N/N=C(\C#N)C(=N)N)c1. The number of benzene rings is 1. The van der Waals surface area contributed by atoms with Gasteiger partial charge in [-0.3, -0.25) is 15.7 Å². The van der Waals surface area contributed by atoms with Crippen LogP contribution in [0.1, 0.15) is 5.56 Å². The molecule has 1 aromatic rings. The van der Waals surface area contributed by atoms with E-state index in [1.54, 1.807) is 12.1 Å². The van der Waals surface area contributed by atoms with Crippen LogP contribution in [0.15, 0.2) is 29.4 Å². The minimum Gasteiger partial charge on any atom is -0.395 e. The number of nitriles is 1. The number of aliphatic hydroxyl groups is 1. The monoisotopic (exact) mass is 274 g/mol. The van der Waals surface area contributed by atoms with Crippen molar-refractivity contribution in [3.63, 3.8) is 0 Å². The van der Waals surface area contributed by atoms with E-state index in [2.05, 4.69) is 10.5 Å². The molecule has 1 aromatic carbocycles. The van der Waals surface area contributed by atoms with E-state index in [1.807, 2.05) is 30.1 Å². The zero-order valence-corrected chi connectivity index (χ0v) is 11.3. The molecule has 0 amide bonds. The van der Waals surface area contributed by atoms with Gasteiger partial charge in [-0.05, 0) is 24.7 Å². The Morgan fingerprint density at radius 2 is 2.35 bits per heavy atom. The highest BCUT2D eigenvalue weighted by Crippen LogP contribution is 2.12. The van der Waals surface area contributed by atoms with E-state index in [9.17, 15) is 0 Å². The van der Waals surface area contributed by atoms with E-state index in [-0.39, 0.29) is 18.2 Å². The molecule has 5 N–H and O–H groups in total. The van der Waals surface area contributed by atoms with E-state index < -0.39 is 0 Å². The molecule has 0 atom stereocenters. The van der Waals surface area contributed by atoms with E-state index >= 15 is 0 Å². The van der Waals surface area contributed by atoms with Crippen molar-refractivity contribution in [1.29, 1.82) is 10.7 Å². The fourth-order valence-corrected chi connectivity index (χ4v) is 1.57. The maximum Gasteiger partial charge on any atom is 0.201 e. The number of likely N-dealkylation sites (N-methyl/N-ethyl adjacent to an activating group) is 1. The molecule has 0 saturated carbocycles. The maximum absolute atomic E-state index is 8.86. The van der Waals surface area contributed by atoms with Crippen molar-refractivity contribution in [3.05, 3.63) is 29.8 Å². The van der Waals surface area contributed by atoms with Gasteiger partial charge in [-0.2, -0.15) is 10.4 Å². The van der Waals surface area contributed by atoms with E-state index in [1.165, 1.54) is 0 Å². The van der Waals surface area contributed by atoms with Gasteiger partial charge in [-0.25, -0.2) is 0 Å². The molecule has 0 aliphatic carbocycles. The topological polar surface area (TPSA) is 122 Å². The third-order valence-corrected chi connectivity index (χ3v) is 2.52. The van der Waals surface area contributed by atoms with Crippen LogP contribution in [0.3, 0.4) is 0 Å². The third-order valence-electron chi connectivity index (χ3n) is 2.52. The molecule has 0 fully saturated rings. The number of nitrogens with zero attached hydrogens (tertiary/aromatic N) is 3. The van der Waals surface area contributed by atoms with Crippen LogP contribution in [0.4, 0.5) is 5.69 Å². The molecule has 0 unspecified atom stereocenters. The Morgan fingerprint density at radius 1 is 1.60 bits per heavy atom. The lowest BCUT2D eigenvalue weighted by Gasteiger charge is -2.15. The molecule has 1 rings (SSSR count). The van der Waals surface area contributed by atoms with Crippen LogP contribution in [0.5, 0.6) is 0 Å².